The molecule has 20 heavy (non-hydrogen) atoms. The topological polar surface area (TPSA) is 41.5 Å². The Kier molecular flexibility index (Phi) is 4.88. The van der Waals surface area contributed by atoms with E-state index in [9.17, 15) is 5.11 Å². The molecule has 3 nitrogen and oxygen atoms in total. The van der Waals surface area contributed by atoms with E-state index in [-0.39, 0.29) is 11.8 Å². The van der Waals surface area contributed by atoms with Gasteiger partial charge in [0.1, 0.15) is 11.5 Å². The highest BCUT2D eigenvalue weighted by molar-refractivity contribution is 6.30. The fourth-order valence-corrected chi connectivity index (χ4v) is 2.26. The van der Waals surface area contributed by atoms with Gasteiger partial charge in [0.05, 0.1) is 7.11 Å². The average molecular weight is 292 g/mol. The molecule has 0 aromatic heterocycles. The van der Waals surface area contributed by atoms with Crippen LogP contribution in [0, 0.1) is 0 Å². The Bertz CT molecular complexity index is 586. The Hall–Kier alpha value is -1.71. The Morgan fingerprint density at radius 3 is 2.70 bits per heavy atom. The highest BCUT2D eigenvalue weighted by Gasteiger charge is 2.10. The van der Waals surface area contributed by atoms with Gasteiger partial charge in [-0.25, -0.2) is 0 Å². The van der Waals surface area contributed by atoms with Gasteiger partial charge in [0.25, 0.3) is 0 Å². The summed E-state index contributed by atoms with van der Waals surface area (Å²) in [6.07, 6.45) is 0. The number of hydrogen-bond donors (Lipinski definition) is 2. The van der Waals surface area contributed by atoms with Gasteiger partial charge >= 0.3 is 0 Å². The lowest BCUT2D eigenvalue weighted by molar-refractivity contribution is 0.404. The first-order valence-corrected chi connectivity index (χ1v) is 6.82. The molecule has 1 unspecified atom stereocenters. The predicted octanol–water partition coefficient (Wildman–Crippen LogP) is 3.91. The number of rotatable bonds is 5. The summed E-state index contributed by atoms with van der Waals surface area (Å²) in [5.74, 6) is 0.878. The predicted molar refractivity (Wildman–Crippen MR) is 81.4 cm³/mol. The van der Waals surface area contributed by atoms with Crippen LogP contribution in [0.3, 0.4) is 0 Å². The van der Waals surface area contributed by atoms with Crippen molar-refractivity contribution in [3.05, 3.63) is 58.6 Å². The van der Waals surface area contributed by atoms with Crippen LogP contribution in [0.1, 0.15) is 24.1 Å². The number of benzene rings is 2. The molecular formula is C16H18ClNO2. The van der Waals surface area contributed by atoms with Crippen molar-refractivity contribution in [1.82, 2.24) is 5.32 Å². The number of hydrogen-bond acceptors (Lipinski definition) is 3. The van der Waals surface area contributed by atoms with Crippen molar-refractivity contribution >= 4 is 11.6 Å². The zero-order valence-electron chi connectivity index (χ0n) is 11.6. The molecule has 0 radical (unpaired) electrons. The molecule has 0 saturated carbocycles. The summed E-state index contributed by atoms with van der Waals surface area (Å²) < 4.78 is 5.08. The number of nitrogens with one attached hydrogen (secondary N) is 1. The molecule has 0 spiro atoms. The van der Waals surface area contributed by atoms with Gasteiger partial charge < -0.3 is 15.2 Å². The van der Waals surface area contributed by atoms with Crippen LogP contribution in [0.5, 0.6) is 11.5 Å². The molecule has 0 aliphatic heterocycles. The second kappa shape index (κ2) is 6.64. The van der Waals surface area contributed by atoms with E-state index in [0.29, 0.717) is 12.3 Å². The molecule has 0 heterocycles. The third kappa shape index (κ3) is 3.65. The fourth-order valence-electron chi connectivity index (χ4n) is 2.04. The molecule has 0 amide bonds. The zero-order valence-corrected chi connectivity index (χ0v) is 12.3. The smallest absolute Gasteiger partial charge is 0.124 e. The van der Waals surface area contributed by atoms with E-state index in [1.165, 1.54) is 0 Å². The minimum atomic E-state index is 0.0277. The van der Waals surface area contributed by atoms with Crippen LogP contribution in [-0.2, 0) is 6.54 Å². The first-order chi connectivity index (χ1) is 9.60. The van der Waals surface area contributed by atoms with Crippen molar-refractivity contribution in [1.29, 1.82) is 0 Å². The lowest BCUT2D eigenvalue weighted by atomic mass is 10.1. The average Bonchev–Trinajstić information content (AvgIpc) is 2.44. The number of halogens is 1. The number of ether oxygens (including phenoxy) is 1. The Morgan fingerprint density at radius 2 is 2.05 bits per heavy atom. The summed E-state index contributed by atoms with van der Waals surface area (Å²) in [4.78, 5) is 0. The molecular weight excluding hydrogens is 274 g/mol. The summed E-state index contributed by atoms with van der Waals surface area (Å²) in [5, 5.41) is 14.1. The molecule has 0 bridgehead atoms. The van der Waals surface area contributed by atoms with Crippen molar-refractivity contribution in [2.75, 3.05) is 7.11 Å². The number of phenols is 1. The van der Waals surface area contributed by atoms with Gasteiger partial charge in [-0.1, -0.05) is 29.8 Å². The molecule has 0 fully saturated rings. The van der Waals surface area contributed by atoms with Gasteiger partial charge in [0.15, 0.2) is 0 Å². The second-order valence-electron chi connectivity index (χ2n) is 4.66. The molecule has 4 heteroatoms. The van der Waals surface area contributed by atoms with E-state index in [2.05, 4.69) is 5.32 Å². The largest absolute Gasteiger partial charge is 0.507 e. The van der Waals surface area contributed by atoms with E-state index in [0.717, 1.165) is 16.1 Å². The SMILES string of the molecule is COc1ccc(C(C)NCc2cccc(Cl)c2)c(O)c1. The maximum absolute atomic E-state index is 9.99. The monoisotopic (exact) mass is 291 g/mol. The molecule has 2 N–H and O–H groups in total. The van der Waals surface area contributed by atoms with Gasteiger partial charge in [0, 0.05) is 29.2 Å². The van der Waals surface area contributed by atoms with Crippen LogP contribution in [-0.4, -0.2) is 12.2 Å². The molecule has 1 atom stereocenters. The van der Waals surface area contributed by atoms with Crippen LogP contribution >= 0.6 is 11.6 Å². The number of methoxy groups -OCH3 is 1. The fraction of sp³-hybridized carbons (Fsp3) is 0.250. The normalized spacial score (nSPS) is 12.2. The summed E-state index contributed by atoms with van der Waals surface area (Å²) in [7, 11) is 1.58. The zero-order chi connectivity index (χ0) is 14.5. The second-order valence-corrected chi connectivity index (χ2v) is 5.09. The van der Waals surface area contributed by atoms with Gasteiger partial charge in [-0.3, -0.25) is 0 Å². The summed E-state index contributed by atoms with van der Waals surface area (Å²) >= 11 is 5.95. The molecule has 106 valence electrons. The quantitative estimate of drug-likeness (QED) is 0.878. The van der Waals surface area contributed by atoms with E-state index < -0.39 is 0 Å². The molecule has 0 saturated heterocycles. The number of phenolic OH excluding ortho intramolecular Hbond substituents is 1. The third-order valence-electron chi connectivity index (χ3n) is 3.21. The highest BCUT2D eigenvalue weighted by Crippen LogP contribution is 2.28. The lowest BCUT2D eigenvalue weighted by Gasteiger charge is -2.16. The van der Waals surface area contributed by atoms with Gasteiger partial charge in [-0.05, 0) is 30.7 Å². The van der Waals surface area contributed by atoms with Crippen LogP contribution in [0.25, 0.3) is 0 Å². The van der Waals surface area contributed by atoms with Crippen molar-refractivity contribution in [3.8, 4) is 11.5 Å². The van der Waals surface area contributed by atoms with E-state index >= 15 is 0 Å². The van der Waals surface area contributed by atoms with Crippen LogP contribution < -0.4 is 10.1 Å². The van der Waals surface area contributed by atoms with Crippen molar-refractivity contribution in [2.24, 2.45) is 0 Å². The molecule has 2 aromatic carbocycles. The standard InChI is InChI=1S/C16H18ClNO2/c1-11(15-7-6-14(20-2)9-16(15)19)18-10-12-4-3-5-13(17)8-12/h3-9,11,18-19H,10H2,1-2H3. The van der Waals surface area contributed by atoms with E-state index in [1.807, 2.05) is 43.3 Å². The van der Waals surface area contributed by atoms with Crippen molar-refractivity contribution < 1.29 is 9.84 Å². The number of aromatic hydroxyl groups is 1. The highest BCUT2D eigenvalue weighted by atomic mass is 35.5. The molecule has 2 rings (SSSR count). The van der Waals surface area contributed by atoms with Crippen LogP contribution in [0.2, 0.25) is 5.02 Å². The lowest BCUT2D eigenvalue weighted by Crippen LogP contribution is -2.18. The van der Waals surface area contributed by atoms with Gasteiger partial charge in [0.2, 0.25) is 0 Å². The molecule has 0 aliphatic carbocycles. The summed E-state index contributed by atoms with van der Waals surface area (Å²) in [6, 6.07) is 13.1. The van der Waals surface area contributed by atoms with Crippen LogP contribution in [0.4, 0.5) is 0 Å². The molecule has 2 aromatic rings. The van der Waals surface area contributed by atoms with E-state index in [1.54, 1.807) is 13.2 Å². The first kappa shape index (κ1) is 14.7. The van der Waals surface area contributed by atoms with Crippen LogP contribution in [0.15, 0.2) is 42.5 Å². The summed E-state index contributed by atoms with van der Waals surface area (Å²) in [6.45, 7) is 2.69. The third-order valence-corrected chi connectivity index (χ3v) is 3.44. The minimum Gasteiger partial charge on any atom is -0.507 e. The van der Waals surface area contributed by atoms with Gasteiger partial charge in [-0.2, -0.15) is 0 Å². The Morgan fingerprint density at radius 1 is 1.25 bits per heavy atom. The Balaban J connectivity index is 2.03. The Labute approximate surface area is 124 Å². The van der Waals surface area contributed by atoms with Crippen molar-refractivity contribution in [3.63, 3.8) is 0 Å². The first-order valence-electron chi connectivity index (χ1n) is 6.45. The summed E-state index contributed by atoms with van der Waals surface area (Å²) in [5.41, 5.74) is 1.95. The maximum atomic E-state index is 9.99. The molecule has 0 aliphatic rings. The maximum Gasteiger partial charge on any atom is 0.124 e. The van der Waals surface area contributed by atoms with Crippen molar-refractivity contribution in [2.45, 2.75) is 19.5 Å². The minimum absolute atomic E-state index is 0.0277. The van der Waals surface area contributed by atoms with E-state index in [4.69, 9.17) is 16.3 Å². The van der Waals surface area contributed by atoms with Gasteiger partial charge in [-0.15, -0.1) is 0 Å².